The minimum atomic E-state index is -3.99. The van der Waals surface area contributed by atoms with Crippen LogP contribution in [-0.4, -0.2) is 101 Å². The van der Waals surface area contributed by atoms with Crippen LogP contribution in [0.5, 0.6) is 5.75 Å². The zero-order valence-electron chi connectivity index (χ0n) is 24.7. The topological polar surface area (TPSA) is 143 Å². The van der Waals surface area contributed by atoms with E-state index in [4.69, 9.17) is 9.47 Å². The zero-order valence-corrected chi connectivity index (χ0v) is 26.3. The van der Waals surface area contributed by atoms with Crippen LogP contribution >= 0.6 is 0 Å². The van der Waals surface area contributed by atoms with Crippen LogP contribution in [0.1, 0.15) is 26.3 Å². The normalized spacial score (nSPS) is 17.1. The second-order valence-electron chi connectivity index (χ2n) is 11.0. The van der Waals surface area contributed by atoms with E-state index in [9.17, 15) is 26.7 Å². The van der Waals surface area contributed by atoms with Gasteiger partial charge in [0.25, 0.3) is 0 Å². The van der Waals surface area contributed by atoms with Crippen molar-refractivity contribution in [2.45, 2.75) is 44.2 Å². The van der Waals surface area contributed by atoms with Crippen LogP contribution in [-0.2, 0) is 36.0 Å². The summed E-state index contributed by atoms with van der Waals surface area (Å²) in [5, 5.41) is 14.3. The number of aliphatic hydroxyl groups is 1. The van der Waals surface area contributed by atoms with Crippen LogP contribution in [0.3, 0.4) is 0 Å². The summed E-state index contributed by atoms with van der Waals surface area (Å²) < 4.78 is 66.0. The van der Waals surface area contributed by atoms with E-state index >= 15 is 0 Å². The Labute approximate surface area is 249 Å². The summed E-state index contributed by atoms with van der Waals surface area (Å²) >= 11 is 0. The highest BCUT2D eigenvalue weighted by Gasteiger charge is 2.34. The Balaban J connectivity index is 1.81. The number of amides is 1. The number of methoxy groups -OCH3 is 1. The first-order valence-corrected chi connectivity index (χ1v) is 17.1. The average Bonchev–Trinajstić information content (AvgIpc) is 2.97. The molecule has 234 valence electrons. The monoisotopic (exact) mass is 625 g/mol. The SMILES string of the molecule is COc1ccc(S(=O)(=O)N(CC(C)C)CC(O)C(Cc2ccccc2)NC(=O)C(C)CS(=O)(=O)N2CCOCC2)cc1. The van der Waals surface area contributed by atoms with Crippen LogP contribution in [0.25, 0.3) is 0 Å². The molecule has 1 saturated heterocycles. The van der Waals surface area contributed by atoms with Gasteiger partial charge in [-0.25, -0.2) is 16.8 Å². The molecule has 42 heavy (non-hydrogen) atoms. The van der Waals surface area contributed by atoms with Crippen molar-refractivity contribution in [3.63, 3.8) is 0 Å². The molecule has 1 fully saturated rings. The number of nitrogens with zero attached hydrogens (tertiary/aromatic N) is 2. The summed E-state index contributed by atoms with van der Waals surface area (Å²) in [5.41, 5.74) is 0.823. The van der Waals surface area contributed by atoms with E-state index in [1.165, 1.54) is 34.8 Å². The van der Waals surface area contributed by atoms with Gasteiger partial charge >= 0.3 is 0 Å². The number of carbonyl (C=O) groups is 1. The third-order valence-corrected chi connectivity index (χ3v) is 10.9. The number of ether oxygens (including phenoxy) is 2. The van der Waals surface area contributed by atoms with E-state index < -0.39 is 49.8 Å². The van der Waals surface area contributed by atoms with Crippen molar-refractivity contribution >= 4 is 26.0 Å². The predicted molar refractivity (Wildman–Crippen MR) is 160 cm³/mol. The van der Waals surface area contributed by atoms with Gasteiger partial charge in [0.05, 0.1) is 49.0 Å². The molecule has 0 saturated carbocycles. The molecule has 0 spiro atoms. The van der Waals surface area contributed by atoms with E-state index in [-0.39, 0.29) is 43.4 Å². The molecule has 1 aliphatic heterocycles. The Hall–Kier alpha value is -2.55. The molecule has 11 nitrogen and oxygen atoms in total. The fourth-order valence-corrected chi connectivity index (χ4v) is 8.03. The third-order valence-electron chi connectivity index (χ3n) is 7.02. The Bertz CT molecular complexity index is 1350. The second kappa shape index (κ2) is 15.3. The van der Waals surface area contributed by atoms with Crippen LogP contribution in [0.15, 0.2) is 59.5 Å². The van der Waals surface area contributed by atoms with Crippen molar-refractivity contribution in [2.75, 3.05) is 52.3 Å². The number of aliphatic hydroxyl groups excluding tert-OH is 1. The van der Waals surface area contributed by atoms with Gasteiger partial charge in [-0.15, -0.1) is 0 Å². The Kier molecular flexibility index (Phi) is 12.3. The molecule has 2 aromatic rings. The molecular formula is C29H43N3O8S2. The molecule has 2 aromatic carbocycles. The van der Waals surface area contributed by atoms with Crippen molar-refractivity contribution in [3.05, 3.63) is 60.2 Å². The maximum absolute atomic E-state index is 13.6. The summed E-state index contributed by atoms with van der Waals surface area (Å²) in [6.45, 7) is 6.23. The highest BCUT2D eigenvalue weighted by atomic mass is 32.2. The van der Waals surface area contributed by atoms with Gasteiger partial charge < -0.3 is 19.9 Å². The lowest BCUT2D eigenvalue weighted by atomic mass is 10.00. The predicted octanol–water partition coefficient (Wildman–Crippen LogP) is 1.73. The number of sulfonamides is 2. The Morgan fingerprint density at radius 3 is 2.19 bits per heavy atom. The first kappa shape index (κ1) is 33.9. The first-order chi connectivity index (χ1) is 19.8. The summed E-state index contributed by atoms with van der Waals surface area (Å²) in [4.78, 5) is 13.3. The summed E-state index contributed by atoms with van der Waals surface area (Å²) in [7, 11) is -6.20. The number of hydrogen-bond acceptors (Lipinski definition) is 8. The lowest BCUT2D eigenvalue weighted by Crippen LogP contribution is -2.53. The molecule has 0 aliphatic carbocycles. The van der Waals surface area contributed by atoms with Gasteiger partial charge in [0.15, 0.2) is 0 Å². The summed E-state index contributed by atoms with van der Waals surface area (Å²) in [6.07, 6.45) is -1.07. The van der Waals surface area contributed by atoms with Crippen molar-refractivity contribution in [1.29, 1.82) is 0 Å². The number of rotatable bonds is 15. The molecule has 2 N–H and O–H groups in total. The van der Waals surface area contributed by atoms with E-state index in [1.807, 2.05) is 44.2 Å². The van der Waals surface area contributed by atoms with E-state index in [2.05, 4.69) is 5.32 Å². The highest BCUT2D eigenvalue weighted by Crippen LogP contribution is 2.22. The van der Waals surface area contributed by atoms with Gasteiger partial charge in [0.1, 0.15) is 5.75 Å². The summed E-state index contributed by atoms with van der Waals surface area (Å²) in [6, 6.07) is 14.3. The first-order valence-electron chi connectivity index (χ1n) is 14.1. The van der Waals surface area contributed by atoms with Crippen LogP contribution in [0, 0.1) is 11.8 Å². The van der Waals surface area contributed by atoms with Crippen molar-refractivity contribution in [1.82, 2.24) is 13.9 Å². The van der Waals surface area contributed by atoms with Crippen molar-refractivity contribution in [3.8, 4) is 5.75 Å². The smallest absolute Gasteiger partial charge is 0.243 e. The number of nitrogens with one attached hydrogen (secondary N) is 1. The lowest BCUT2D eigenvalue weighted by Gasteiger charge is -2.31. The van der Waals surface area contributed by atoms with Gasteiger partial charge in [0, 0.05) is 26.2 Å². The molecule has 0 radical (unpaired) electrons. The van der Waals surface area contributed by atoms with E-state index in [0.29, 0.717) is 19.0 Å². The van der Waals surface area contributed by atoms with E-state index in [1.54, 1.807) is 12.1 Å². The highest BCUT2D eigenvalue weighted by molar-refractivity contribution is 7.89. The van der Waals surface area contributed by atoms with Gasteiger partial charge in [-0.3, -0.25) is 4.79 Å². The number of morpholine rings is 1. The molecule has 3 rings (SSSR count). The fourth-order valence-electron chi connectivity index (χ4n) is 4.71. The van der Waals surface area contributed by atoms with Crippen LogP contribution in [0.4, 0.5) is 0 Å². The van der Waals surface area contributed by atoms with Gasteiger partial charge in [-0.2, -0.15) is 8.61 Å². The molecule has 0 bridgehead atoms. The molecule has 3 unspecified atom stereocenters. The second-order valence-corrected chi connectivity index (χ2v) is 14.9. The lowest BCUT2D eigenvalue weighted by molar-refractivity contribution is -0.125. The van der Waals surface area contributed by atoms with Crippen LogP contribution < -0.4 is 10.1 Å². The Morgan fingerprint density at radius 2 is 1.62 bits per heavy atom. The van der Waals surface area contributed by atoms with E-state index in [0.717, 1.165) is 5.56 Å². The zero-order chi connectivity index (χ0) is 30.9. The maximum Gasteiger partial charge on any atom is 0.243 e. The minimum Gasteiger partial charge on any atom is -0.497 e. The third kappa shape index (κ3) is 9.48. The quantitative estimate of drug-likeness (QED) is 0.305. The molecule has 13 heteroatoms. The van der Waals surface area contributed by atoms with Gasteiger partial charge in [-0.1, -0.05) is 51.1 Å². The number of carbonyl (C=O) groups excluding carboxylic acids is 1. The number of hydrogen-bond donors (Lipinski definition) is 2. The molecule has 1 heterocycles. The largest absolute Gasteiger partial charge is 0.497 e. The molecule has 0 aromatic heterocycles. The summed E-state index contributed by atoms with van der Waals surface area (Å²) in [5.74, 6) is -1.37. The van der Waals surface area contributed by atoms with Crippen molar-refractivity contribution in [2.24, 2.45) is 11.8 Å². The standard InChI is InChI=1S/C29H43N3O8S2/c1-22(2)19-32(42(37,38)26-12-10-25(39-4)11-13-26)20-28(33)27(18-24-8-6-5-7-9-24)30-29(34)23(3)21-41(35,36)31-14-16-40-17-15-31/h5-13,22-23,27-28,33H,14-21H2,1-4H3,(H,30,34). The maximum atomic E-state index is 13.6. The molecule has 1 amide bonds. The minimum absolute atomic E-state index is 0.0437. The van der Waals surface area contributed by atoms with Gasteiger partial charge in [0.2, 0.25) is 26.0 Å². The molecular weight excluding hydrogens is 582 g/mol. The molecule has 1 aliphatic rings. The number of benzene rings is 2. The van der Waals surface area contributed by atoms with Crippen LogP contribution in [0.2, 0.25) is 0 Å². The fraction of sp³-hybridized carbons (Fsp3) is 0.552. The van der Waals surface area contributed by atoms with Gasteiger partial charge in [-0.05, 0) is 42.2 Å². The average molecular weight is 626 g/mol. The molecule has 3 atom stereocenters. The Morgan fingerprint density at radius 1 is 1.00 bits per heavy atom. The van der Waals surface area contributed by atoms with Crippen molar-refractivity contribution < 1.29 is 36.2 Å².